The van der Waals surface area contributed by atoms with Gasteiger partial charge in [-0.3, -0.25) is 0 Å². The van der Waals surface area contributed by atoms with Crippen LogP contribution >= 0.6 is 0 Å². The molecule has 0 saturated carbocycles. The summed E-state index contributed by atoms with van der Waals surface area (Å²) in [6, 6.07) is 0. The number of primary sulfonamides is 1. The number of rotatable bonds is 2. The van der Waals surface area contributed by atoms with Crippen molar-refractivity contribution in [2.24, 2.45) is 12.2 Å². The second-order valence-electron chi connectivity index (χ2n) is 2.68. The third-order valence-corrected chi connectivity index (χ3v) is 2.31. The number of aryl methyl sites for hydroxylation is 1. The van der Waals surface area contributed by atoms with E-state index in [1.165, 1.54) is 0 Å². The van der Waals surface area contributed by atoms with E-state index in [4.69, 9.17) is 5.14 Å². The molecule has 1 rings (SSSR count). The van der Waals surface area contributed by atoms with Gasteiger partial charge in [-0.25, -0.2) is 18.5 Å². The molecule has 0 aliphatic rings. The highest BCUT2D eigenvalue weighted by Gasteiger charge is 2.10. The van der Waals surface area contributed by atoms with Crippen molar-refractivity contribution in [1.29, 1.82) is 0 Å². The normalized spacial score (nSPS) is 11.9. The molecule has 0 saturated heterocycles. The predicted octanol–water partition coefficient (Wildman–Crippen LogP) is -0.483. The van der Waals surface area contributed by atoms with Gasteiger partial charge in [0.15, 0.2) is 0 Å². The molecule has 0 unspecified atom stereocenters. The first kappa shape index (κ1) is 9.21. The lowest BCUT2D eigenvalue weighted by Gasteiger charge is -2.00. The SMILES string of the molecule is Cc1cnc(CS(N)(=O)=O)n1C. The highest BCUT2D eigenvalue weighted by molar-refractivity contribution is 7.88. The maximum Gasteiger partial charge on any atom is 0.216 e. The molecule has 2 N–H and O–H groups in total. The lowest BCUT2D eigenvalue weighted by atomic mass is 10.5. The minimum atomic E-state index is -3.47. The molecule has 0 bridgehead atoms. The molecule has 0 fully saturated rings. The molecule has 0 radical (unpaired) electrons. The Morgan fingerprint density at radius 3 is 2.58 bits per heavy atom. The highest BCUT2D eigenvalue weighted by atomic mass is 32.2. The Labute approximate surface area is 71.3 Å². The van der Waals surface area contributed by atoms with E-state index in [0.717, 1.165) is 5.69 Å². The first-order valence-electron chi connectivity index (χ1n) is 3.38. The molecule has 5 nitrogen and oxygen atoms in total. The smallest absolute Gasteiger partial charge is 0.216 e. The number of nitrogens with zero attached hydrogens (tertiary/aromatic N) is 2. The molecule has 1 aromatic heterocycles. The zero-order valence-corrected chi connectivity index (χ0v) is 7.80. The summed E-state index contributed by atoms with van der Waals surface area (Å²) in [6.07, 6.45) is 1.61. The summed E-state index contributed by atoms with van der Waals surface area (Å²) in [6.45, 7) is 1.85. The molecule has 12 heavy (non-hydrogen) atoms. The van der Waals surface area contributed by atoms with Crippen LogP contribution in [0.3, 0.4) is 0 Å². The van der Waals surface area contributed by atoms with Crippen LogP contribution < -0.4 is 5.14 Å². The molecule has 0 aromatic carbocycles. The molecule has 0 amide bonds. The van der Waals surface area contributed by atoms with Gasteiger partial charge < -0.3 is 4.57 Å². The van der Waals surface area contributed by atoms with Crippen molar-refractivity contribution in [3.05, 3.63) is 17.7 Å². The number of aromatic nitrogens is 2. The predicted molar refractivity (Wildman–Crippen MR) is 44.8 cm³/mol. The van der Waals surface area contributed by atoms with Crippen LogP contribution in [0.25, 0.3) is 0 Å². The first-order chi connectivity index (χ1) is 5.40. The fourth-order valence-electron chi connectivity index (χ4n) is 0.859. The molecular formula is C6H11N3O2S. The number of nitrogens with two attached hydrogens (primary N) is 1. The summed E-state index contributed by atoms with van der Waals surface area (Å²) >= 11 is 0. The average Bonchev–Trinajstić information content (AvgIpc) is 2.16. The van der Waals surface area contributed by atoms with Crippen molar-refractivity contribution in [3.63, 3.8) is 0 Å². The van der Waals surface area contributed by atoms with E-state index in [0.29, 0.717) is 5.82 Å². The Balaban J connectivity index is 2.99. The first-order valence-corrected chi connectivity index (χ1v) is 5.09. The largest absolute Gasteiger partial charge is 0.335 e. The van der Waals surface area contributed by atoms with Crippen molar-refractivity contribution in [2.75, 3.05) is 0 Å². The average molecular weight is 189 g/mol. The summed E-state index contributed by atoms with van der Waals surface area (Å²) in [5, 5.41) is 4.86. The lowest BCUT2D eigenvalue weighted by Crippen LogP contribution is -2.17. The molecule has 68 valence electrons. The van der Waals surface area contributed by atoms with Gasteiger partial charge in [-0.2, -0.15) is 0 Å². The van der Waals surface area contributed by atoms with Gasteiger partial charge in [-0.1, -0.05) is 0 Å². The summed E-state index contributed by atoms with van der Waals surface area (Å²) in [7, 11) is -1.72. The molecule has 1 heterocycles. The Bertz CT molecular complexity index is 379. The fraction of sp³-hybridized carbons (Fsp3) is 0.500. The van der Waals surface area contributed by atoms with Gasteiger partial charge in [-0.15, -0.1) is 0 Å². The van der Waals surface area contributed by atoms with Crippen molar-refractivity contribution in [2.45, 2.75) is 12.7 Å². The number of sulfonamides is 1. The number of hydrogen-bond donors (Lipinski definition) is 1. The lowest BCUT2D eigenvalue weighted by molar-refractivity contribution is 0.594. The van der Waals surface area contributed by atoms with Gasteiger partial charge in [-0.05, 0) is 6.92 Å². The van der Waals surface area contributed by atoms with E-state index in [1.807, 2.05) is 6.92 Å². The maximum absolute atomic E-state index is 10.7. The van der Waals surface area contributed by atoms with Crippen LogP contribution in [0.2, 0.25) is 0 Å². The van der Waals surface area contributed by atoms with Crippen molar-refractivity contribution < 1.29 is 8.42 Å². The summed E-state index contributed by atoms with van der Waals surface area (Å²) in [5.74, 6) is 0.257. The van der Waals surface area contributed by atoms with Crippen LogP contribution in [0.4, 0.5) is 0 Å². The van der Waals surface area contributed by atoms with Gasteiger partial charge in [0.05, 0.1) is 0 Å². The number of imidazole rings is 1. The Hall–Kier alpha value is -0.880. The van der Waals surface area contributed by atoms with Crippen LogP contribution in [-0.2, 0) is 22.8 Å². The van der Waals surface area contributed by atoms with E-state index >= 15 is 0 Å². The van der Waals surface area contributed by atoms with Crippen LogP contribution in [0.5, 0.6) is 0 Å². The molecule has 0 atom stereocenters. The molecule has 6 heteroatoms. The minimum Gasteiger partial charge on any atom is -0.335 e. The molecule has 0 aliphatic heterocycles. The van der Waals surface area contributed by atoms with Crippen LogP contribution in [0.15, 0.2) is 6.20 Å². The van der Waals surface area contributed by atoms with E-state index in [2.05, 4.69) is 4.98 Å². The van der Waals surface area contributed by atoms with Crippen molar-refractivity contribution in [3.8, 4) is 0 Å². The van der Waals surface area contributed by atoms with E-state index in [1.54, 1.807) is 17.8 Å². The summed E-state index contributed by atoms with van der Waals surface area (Å²) in [4.78, 5) is 3.90. The molecular weight excluding hydrogens is 178 g/mol. The van der Waals surface area contributed by atoms with E-state index in [9.17, 15) is 8.42 Å². The van der Waals surface area contributed by atoms with Crippen molar-refractivity contribution in [1.82, 2.24) is 9.55 Å². The van der Waals surface area contributed by atoms with Gasteiger partial charge >= 0.3 is 0 Å². The topological polar surface area (TPSA) is 78.0 Å². The highest BCUT2D eigenvalue weighted by Crippen LogP contribution is 2.03. The standard InChI is InChI=1S/C6H11N3O2S/c1-5-3-8-6(9(5)2)4-12(7,10)11/h3H,4H2,1-2H3,(H2,7,10,11). The quantitative estimate of drug-likeness (QED) is 0.682. The maximum atomic E-state index is 10.7. The zero-order chi connectivity index (χ0) is 9.35. The van der Waals surface area contributed by atoms with Gasteiger partial charge in [0.25, 0.3) is 0 Å². The minimum absolute atomic E-state index is 0.211. The monoisotopic (exact) mass is 189 g/mol. The molecule has 1 aromatic rings. The van der Waals surface area contributed by atoms with Crippen molar-refractivity contribution >= 4 is 10.0 Å². The third kappa shape index (κ3) is 2.05. The van der Waals surface area contributed by atoms with E-state index < -0.39 is 10.0 Å². The Kier molecular flexibility index (Phi) is 2.20. The number of hydrogen-bond acceptors (Lipinski definition) is 3. The van der Waals surface area contributed by atoms with Gasteiger partial charge in [0.1, 0.15) is 11.6 Å². The van der Waals surface area contributed by atoms with E-state index in [-0.39, 0.29) is 5.75 Å². The zero-order valence-electron chi connectivity index (χ0n) is 6.98. The second kappa shape index (κ2) is 2.87. The Morgan fingerprint density at radius 1 is 1.67 bits per heavy atom. The second-order valence-corrected chi connectivity index (χ2v) is 4.30. The van der Waals surface area contributed by atoms with Crippen LogP contribution in [0.1, 0.15) is 11.5 Å². The van der Waals surface area contributed by atoms with Crippen LogP contribution in [0, 0.1) is 6.92 Å². The third-order valence-electron chi connectivity index (χ3n) is 1.65. The summed E-state index contributed by atoms with van der Waals surface area (Å²) in [5.41, 5.74) is 0.911. The van der Waals surface area contributed by atoms with Gasteiger partial charge in [0, 0.05) is 18.9 Å². The molecule has 0 spiro atoms. The fourth-order valence-corrected chi connectivity index (χ4v) is 1.49. The van der Waals surface area contributed by atoms with Gasteiger partial charge in [0.2, 0.25) is 10.0 Å². The van der Waals surface area contributed by atoms with Crippen LogP contribution in [-0.4, -0.2) is 18.0 Å². The Morgan fingerprint density at radius 2 is 2.25 bits per heavy atom. The molecule has 0 aliphatic carbocycles. The summed E-state index contributed by atoms with van der Waals surface area (Å²) < 4.78 is 23.1.